The monoisotopic (exact) mass is 521 g/mol. The van der Waals surface area contributed by atoms with Gasteiger partial charge in [-0.1, -0.05) is 6.07 Å². The van der Waals surface area contributed by atoms with Gasteiger partial charge in [0.2, 0.25) is 0 Å². The van der Waals surface area contributed by atoms with Crippen LogP contribution in [0.15, 0.2) is 83.9 Å². The van der Waals surface area contributed by atoms with Crippen molar-refractivity contribution in [2.24, 2.45) is 0 Å². The molecule has 0 spiro atoms. The summed E-state index contributed by atoms with van der Waals surface area (Å²) in [6.45, 7) is 1.53. The number of nitrogens with zero attached hydrogens (tertiary/aromatic N) is 3. The number of hydrogen-bond donors (Lipinski definition) is 2. The Morgan fingerprint density at radius 1 is 1.03 bits per heavy atom. The molecule has 2 aromatic carbocycles. The third kappa shape index (κ3) is 5.33. The van der Waals surface area contributed by atoms with Crippen LogP contribution in [0.25, 0.3) is 16.7 Å². The van der Waals surface area contributed by atoms with Crippen LogP contribution in [0, 0.1) is 6.92 Å². The van der Waals surface area contributed by atoms with Crippen LogP contribution >= 0.6 is 0 Å². The number of halogens is 3. The van der Waals surface area contributed by atoms with Gasteiger partial charge < -0.3 is 19.8 Å². The maximum absolute atomic E-state index is 13.0. The number of amides is 1. The van der Waals surface area contributed by atoms with Gasteiger partial charge >= 0.3 is 6.36 Å². The number of nitrogens with one attached hydrogen (secondary N) is 2. The van der Waals surface area contributed by atoms with Crippen LogP contribution in [0.1, 0.15) is 16.1 Å². The van der Waals surface area contributed by atoms with E-state index >= 15 is 0 Å². The maximum atomic E-state index is 13.0. The van der Waals surface area contributed by atoms with E-state index < -0.39 is 23.6 Å². The summed E-state index contributed by atoms with van der Waals surface area (Å²) in [4.78, 5) is 32.7. The minimum atomic E-state index is -4.90. The zero-order valence-electron chi connectivity index (χ0n) is 19.6. The van der Waals surface area contributed by atoms with Crippen LogP contribution in [0.4, 0.5) is 18.9 Å². The summed E-state index contributed by atoms with van der Waals surface area (Å²) in [5, 5.41) is 7.61. The molecule has 3 aromatic heterocycles. The molecule has 38 heavy (non-hydrogen) atoms. The summed E-state index contributed by atoms with van der Waals surface area (Å²) in [6, 6.07) is 16.1. The van der Waals surface area contributed by atoms with Crippen molar-refractivity contribution < 1.29 is 27.4 Å². The normalized spacial score (nSPS) is 11.4. The number of fused-ring (bicyclic) bond motifs is 1. The van der Waals surface area contributed by atoms with E-state index in [4.69, 9.17) is 4.74 Å². The zero-order valence-corrected chi connectivity index (χ0v) is 19.6. The third-order valence-electron chi connectivity index (χ3n) is 5.39. The molecular weight excluding hydrogens is 503 g/mol. The lowest BCUT2D eigenvalue weighted by Crippen LogP contribution is -2.26. The molecule has 5 rings (SSSR count). The molecule has 5 aromatic rings. The Bertz CT molecular complexity index is 1690. The van der Waals surface area contributed by atoms with Crippen molar-refractivity contribution in [1.29, 1.82) is 0 Å². The number of carbonyl (C=O) groups excluding carboxylic acids is 1. The van der Waals surface area contributed by atoms with Gasteiger partial charge in [0, 0.05) is 30.2 Å². The van der Waals surface area contributed by atoms with Gasteiger partial charge in [-0.3, -0.25) is 9.59 Å². The number of aryl methyl sites for hydroxylation is 1. The van der Waals surface area contributed by atoms with Crippen molar-refractivity contribution in [3.63, 3.8) is 0 Å². The van der Waals surface area contributed by atoms with Crippen molar-refractivity contribution >= 4 is 22.6 Å². The number of benzene rings is 2. The Morgan fingerprint density at radius 3 is 2.58 bits per heavy atom. The summed E-state index contributed by atoms with van der Waals surface area (Å²) in [5.74, 6) is -0.00213. The number of rotatable bonds is 6. The molecule has 192 valence electrons. The fraction of sp³-hybridized carbons (Fsp3) is 0.0769. The molecule has 0 aliphatic heterocycles. The van der Waals surface area contributed by atoms with E-state index in [1.807, 2.05) is 6.07 Å². The van der Waals surface area contributed by atoms with Gasteiger partial charge in [0.1, 0.15) is 22.9 Å². The molecule has 0 aliphatic carbocycles. The highest BCUT2D eigenvalue weighted by atomic mass is 19.4. The van der Waals surface area contributed by atoms with E-state index in [-0.39, 0.29) is 11.4 Å². The van der Waals surface area contributed by atoms with Crippen molar-refractivity contribution in [2.45, 2.75) is 13.3 Å². The van der Waals surface area contributed by atoms with Gasteiger partial charge in [-0.15, -0.1) is 13.2 Å². The number of hydrogen-bond acceptors (Lipinski definition) is 6. The molecule has 2 N–H and O–H groups in total. The molecule has 9 nitrogen and oxygen atoms in total. The highest BCUT2D eigenvalue weighted by molar-refractivity contribution is 6.03. The summed E-state index contributed by atoms with van der Waals surface area (Å²) in [5.41, 5.74) is 0.703. The summed E-state index contributed by atoms with van der Waals surface area (Å²) >= 11 is 0. The van der Waals surface area contributed by atoms with E-state index in [1.54, 1.807) is 42.7 Å². The number of ether oxygens (including phenoxy) is 2. The molecule has 0 saturated heterocycles. The van der Waals surface area contributed by atoms with Gasteiger partial charge in [-0.25, -0.2) is 4.98 Å². The van der Waals surface area contributed by atoms with Crippen LogP contribution < -0.4 is 20.3 Å². The van der Waals surface area contributed by atoms with Gasteiger partial charge in [0.25, 0.3) is 11.5 Å². The molecule has 0 fully saturated rings. The van der Waals surface area contributed by atoms with Crippen LogP contribution in [0.5, 0.6) is 17.2 Å². The first-order valence-electron chi connectivity index (χ1n) is 11.1. The van der Waals surface area contributed by atoms with Crippen LogP contribution in [-0.2, 0) is 0 Å². The lowest BCUT2D eigenvalue weighted by molar-refractivity contribution is -0.274. The Balaban J connectivity index is 1.35. The van der Waals surface area contributed by atoms with Crippen LogP contribution in [-0.4, -0.2) is 32.0 Å². The number of aromatic nitrogens is 4. The first kappa shape index (κ1) is 24.6. The molecular formula is C26H18F3N5O4. The summed E-state index contributed by atoms with van der Waals surface area (Å²) in [6.07, 6.45) is -1.52. The van der Waals surface area contributed by atoms with Crippen molar-refractivity contribution in [3.8, 4) is 22.9 Å². The Hall–Kier alpha value is -5.13. The van der Waals surface area contributed by atoms with Gasteiger partial charge in [0.15, 0.2) is 5.69 Å². The topological polar surface area (TPSA) is 111 Å². The van der Waals surface area contributed by atoms with E-state index in [9.17, 15) is 22.8 Å². The number of aromatic amines is 1. The number of H-pyrrole nitrogens is 1. The molecule has 3 heterocycles. The molecule has 0 saturated carbocycles. The molecule has 0 atom stereocenters. The Morgan fingerprint density at radius 2 is 1.82 bits per heavy atom. The number of anilines is 1. The Labute approximate surface area is 212 Å². The van der Waals surface area contributed by atoms with Crippen molar-refractivity contribution in [3.05, 3.63) is 101 Å². The average molecular weight is 521 g/mol. The largest absolute Gasteiger partial charge is 0.573 e. The predicted molar refractivity (Wildman–Crippen MR) is 132 cm³/mol. The Kier molecular flexibility index (Phi) is 6.29. The molecule has 0 aliphatic rings. The fourth-order valence-electron chi connectivity index (χ4n) is 3.71. The standard InChI is InChI=1S/C26H18F3N5O4/c1-15-13-22(35)34(17-3-2-4-19(14-17)38-26(27,28)29)33-23(15)25(36)32-16-5-7-18(8-6-16)37-21-10-12-31-24-20(21)9-11-30-24/h2-14H,1H3,(H,30,31)(H,32,36). The number of carbonyl (C=O) groups is 1. The molecule has 0 unspecified atom stereocenters. The molecule has 0 radical (unpaired) electrons. The third-order valence-corrected chi connectivity index (χ3v) is 5.39. The lowest BCUT2D eigenvalue weighted by Gasteiger charge is -2.13. The van der Waals surface area contributed by atoms with Crippen LogP contribution in [0.3, 0.4) is 0 Å². The van der Waals surface area contributed by atoms with E-state index in [2.05, 4.69) is 25.1 Å². The quantitative estimate of drug-likeness (QED) is 0.311. The second kappa shape index (κ2) is 9.73. The predicted octanol–water partition coefficient (Wildman–Crippen LogP) is 5.36. The van der Waals surface area contributed by atoms with Gasteiger partial charge in [-0.2, -0.15) is 9.78 Å². The van der Waals surface area contributed by atoms with E-state index in [0.29, 0.717) is 28.4 Å². The zero-order chi connectivity index (χ0) is 26.9. The van der Waals surface area contributed by atoms with Crippen LogP contribution in [0.2, 0.25) is 0 Å². The first-order valence-corrected chi connectivity index (χ1v) is 11.1. The van der Waals surface area contributed by atoms with E-state index in [0.717, 1.165) is 22.2 Å². The van der Waals surface area contributed by atoms with Crippen molar-refractivity contribution in [2.75, 3.05) is 5.32 Å². The molecule has 12 heteroatoms. The van der Waals surface area contributed by atoms with Gasteiger partial charge in [-0.05, 0) is 61.0 Å². The smallest absolute Gasteiger partial charge is 0.457 e. The summed E-state index contributed by atoms with van der Waals surface area (Å²) in [7, 11) is 0. The number of pyridine rings is 1. The SMILES string of the molecule is Cc1cc(=O)n(-c2cccc(OC(F)(F)F)c2)nc1C(=O)Nc1ccc(Oc2ccnc3[nH]ccc23)cc1. The minimum absolute atomic E-state index is 0.0000520. The number of alkyl halides is 3. The maximum Gasteiger partial charge on any atom is 0.573 e. The highest BCUT2D eigenvalue weighted by Gasteiger charge is 2.31. The molecule has 1 amide bonds. The average Bonchev–Trinajstić information content (AvgIpc) is 3.34. The second-order valence-corrected chi connectivity index (χ2v) is 8.10. The molecule has 0 bridgehead atoms. The summed E-state index contributed by atoms with van der Waals surface area (Å²) < 4.78 is 48.5. The second-order valence-electron chi connectivity index (χ2n) is 8.10. The first-order chi connectivity index (χ1) is 18.2. The van der Waals surface area contributed by atoms with E-state index in [1.165, 1.54) is 25.1 Å². The fourth-order valence-corrected chi connectivity index (χ4v) is 3.71. The minimum Gasteiger partial charge on any atom is -0.457 e. The van der Waals surface area contributed by atoms with Gasteiger partial charge in [0.05, 0.1) is 11.1 Å². The van der Waals surface area contributed by atoms with Crippen molar-refractivity contribution in [1.82, 2.24) is 19.7 Å². The lowest BCUT2D eigenvalue weighted by atomic mass is 10.2. The highest BCUT2D eigenvalue weighted by Crippen LogP contribution is 2.29.